The molecule has 26 heavy (non-hydrogen) atoms. The second-order valence-corrected chi connectivity index (χ2v) is 6.74. The molecule has 1 aromatic heterocycles. The number of hydrogen-bond acceptors (Lipinski definition) is 6. The Labute approximate surface area is 158 Å². The number of esters is 1. The lowest BCUT2D eigenvalue weighted by Crippen LogP contribution is -2.30. The van der Waals surface area contributed by atoms with Crippen molar-refractivity contribution in [1.29, 1.82) is 0 Å². The first-order chi connectivity index (χ1) is 12.5. The summed E-state index contributed by atoms with van der Waals surface area (Å²) < 4.78 is 11.3. The molecule has 2 aromatic carbocycles. The number of rotatable bonds is 5. The van der Waals surface area contributed by atoms with Crippen LogP contribution in [0.5, 0.6) is 5.75 Å². The first-order valence-electron chi connectivity index (χ1n) is 7.66. The molecule has 0 aliphatic carbocycles. The summed E-state index contributed by atoms with van der Waals surface area (Å²) in [5, 5.41) is 3.10. The zero-order valence-electron chi connectivity index (χ0n) is 14.0. The van der Waals surface area contributed by atoms with Crippen molar-refractivity contribution in [2.75, 3.05) is 12.4 Å². The highest BCUT2D eigenvalue weighted by atomic mass is 35.5. The fourth-order valence-electron chi connectivity index (χ4n) is 2.28. The number of hydrogen-bond donors (Lipinski definition) is 1. The monoisotopic (exact) mass is 390 g/mol. The molecule has 0 radical (unpaired) electrons. The number of fused-ring (bicyclic) bond motifs is 1. The first-order valence-corrected chi connectivity index (χ1v) is 8.92. The van der Waals surface area contributed by atoms with E-state index in [2.05, 4.69) is 10.3 Å². The van der Waals surface area contributed by atoms with Gasteiger partial charge in [0.05, 0.1) is 34.1 Å². The van der Waals surface area contributed by atoms with E-state index >= 15 is 0 Å². The minimum atomic E-state index is -0.997. The van der Waals surface area contributed by atoms with Gasteiger partial charge in [-0.15, -0.1) is 11.3 Å². The fourth-order valence-corrected chi connectivity index (χ4v) is 3.16. The van der Waals surface area contributed by atoms with E-state index < -0.39 is 18.0 Å². The molecule has 8 heteroatoms. The summed E-state index contributed by atoms with van der Waals surface area (Å²) in [5.74, 6) is -0.615. The molecule has 0 bridgehead atoms. The molecule has 3 rings (SSSR count). The van der Waals surface area contributed by atoms with Crippen LogP contribution < -0.4 is 10.1 Å². The largest absolute Gasteiger partial charge is 0.495 e. The van der Waals surface area contributed by atoms with Gasteiger partial charge in [-0.25, -0.2) is 9.78 Å². The van der Waals surface area contributed by atoms with Crippen molar-refractivity contribution in [2.45, 2.75) is 13.0 Å². The summed E-state index contributed by atoms with van der Waals surface area (Å²) in [6.45, 7) is 1.50. The number of benzene rings is 2. The van der Waals surface area contributed by atoms with Crippen LogP contribution in [0.15, 0.2) is 41.9 Å². The molecule has 0 fully saturated rings. The van der Waals surface area contributed by atoms with Crippen molar-refractivity contribution in [2.24, 2.45) is 0 Å². The Kier molecular flexibility index (Phi) is 5.39. The van der Waals surface area contributed by atoms with Crippen molar-refractivity contribution in [3.63, 3.8) is 0 Å². The van der Waals surface area contributed by atoms with Crippen molar-refractivity contribution in [3.05, 3.63) is 52.5 Å². The van der Waals surface area contributed by atoms with Crippen LogP contribution in [0.4, 0.5) is 5.69 Å². The molecule has 0 saturated carbocycles. The molecule has 1 heterocycles. The van der Waals surface area contributed by atoms with Crippen molar-refractivity contribution in [3.8, 4) is 5.75 Å². The topological polar surface area (TPSA) is 77.5 Å². The Morgan fingerprint density at radius 1 is 1.23 bits per heavy atom. The van der Waals surface area contributed by atoms with Crippen LogP contribution in [0.1, 0.15) is 17.3 Å². The first kappa shape index (κ1) is 18.2. The van der Waals surface area contributed by atoms with Gasteiger partial charge in [-0.1, -0.05) is 11.6 Å². The molecule has 6 nitrogen and oxygen atoms in total. The molecular formula is C18H15ClN2O4S. The Hall–Kier alpha value is -2.64. The molecule has 0 spiro atoms. The lowest BCUT2D eigenvalue weighted by atomic mass is 10.2. The van der Waals surface area contributed by atoms with Gasteiger partial charge in [0, 0.05) is 5.02 Å². The number of amides is 1. The molecule has 1 N–H and O–H groups in total. The number of thiazole rings is 1. The van der Waals surface area contributed by atoms with Gasteiger partial charge in [0.15, 0.2) is 6.10 Å². The van der Waals surface area contributed by atoms with Gasteiger partial charge in [-0.3, -0.25) is 4.79 Å². The minimum absolute atomic E-state index is 0.363. The smallest absolute Gasteiger partial charge is 0.338 e. The maximum Gasteiger partial charge on any atom is 0.338 e. The standard InChI is InChI=1S/C18H15ClN2O4S/c1-10(17(22)21-14-8-12(19)4-6-15(14)24-2)25-18(23)11-3-5-13-16(7-11)26-9-20-13/h3-10H,1-2H3,(H,21,22)/t10-/m0/s1. The molecule has 0 aliphatic heterocycles. The number of nitrogens with one attached hydrogen (secondary N) is 1. The third-order valence-electron chi connectivity index (χ3n) is 3.64. The Balaban J connectivity index is 1.68. The highest BCUT2D eigenvalue weighted by Crippen LogP contribution is 2.28. The summed E-state index contributed by atoms with van der Waals surface area (Å²) in [5.41, 5.74) is 3.28. The predicted molar refractivity (Wildman–Crippen MR) is 101 cm³/mol. The normalized spacial score (nSPS) is 11.8. The molecule has 0 unspecified atom stereocenters. The number of carbonyl (C=O) groups is 2. The molecule has 134 valence electrons. The summed E-state index contributed by atoms with van der Waals surface area (Å²) >= 11 is 7.37. The average Bonchev–Trinajstić information content (AvgIpc) is 3.09. The third kappa shape index (κ3) is 3.95. The Bertz CT molecular complexity index is 973. The third-order valence-corrected chi connectivity index (χ3v) is 4.67. The highest BCUT2D eigenvalue weighted by Gasteiger charge is 2.20. The number of carbonyl (C=O) groups excluding carboxylic acids is 2. The number of methoxy groups -OCH3 is 1. The highest BCUT2D eigenvalue weighted by molar-refractivity contribution is 7.16. The summed E-state index contributed by atoms with van der Waals surface area (Å²) in [4.78, 5) is 28.8. The molecule has 3 aromatic rings. The Morgan fingerprint density at radius 3 is 2.81 bits per heavy atom. The summed E-state index contributed by atoms with van der Waals surface area (Å²) in [6.07, 6.45) is -0.997. The van der Waals surface area contributed by atoms with Gasteiger partial charge in [-0.2, -0.15) is 0 Å². The van der Waals surface area contributed by atoms with Crippen molar-refractivity contribution in [1.82, 2.24) is 4.98 Å². The van der Waals surface area contributed by atoms with Crippen LogP contribution >= 0.6 is 22.9 Å². The van der Waals surface area contributed by atoms with Gasteiger partial charge in [0.25, 0.3) is 5.91 Å². The molecule has 1 atom stereocenters. The fraction of sp³-hybridized carbons (Fsp3) is 0.167. The molecular weight excluding hydrogens is 376 g/mol. The van der Waals surface area contributed by atoms with E-state index in [0.29, 0.717) is 22.0 Å². The Morgan fingerprint density at radius 2 is 2.04 bits per heavy atom. The zero-order valence-corrected chi connectivity index (χ0v) is 15.6. The van der Waals surface area contributed by atoms with Crippen LogP contribution in [0, 0.1) is 0 Å². The van der Waals surface area contributed by atoms with Crippen LogP contribution in [-0.4, -0.2) is 30.1 Å². The SMILES string of the molecule is COc1ccc(Cl)cc1NC(=O)[C@H](C)OC(=O)c1ccc2ncsc2c1. The molecule has 0 saturated heterocycles. The maximum absolute atomic E-state index is 12.3. The summed E-state index contributed by atoms with van der Waals surface area (Å²) in [7, 11) is 1.48. The van der Waals surface area contributed by atoms with Crippen LogP contribution in [0.25, 0.3) is 10.2 Å². The second kappa shape index (κ2) is 7.72. The van der Waals surface area contributed by atoms with Crippen molar-refractivity contribution >= 4 is 50.7 Å². The van der Waals surface area contributed by atoms with E-state index in [-0.39, 0.29) is 0 Å². The molecule has 1 amide bonds. The second-order valence-electron chi connectivity index (χ2n) is 5.42. The summed E-state index contributed by atoms with van der Waals surface area (Å²) in [6, 6.07) is 9.90. The van der Waals surface area contributed by atoms with Gasteiger partial charge in [0.1, 0.15) is 5.75 Å². The lowest BCUT2D eigenvalue weighted by Gasteiger charge is -2.15. The number of nitrogens with zero attached hydrogens (tertiary/aromatic N) is 1. The quantitative estimate of drug-likeness (QED) is 0.662. The van der Waals surface area contributed by atoms with Gasteiger partial charge >= 0.3 is 5.97 Å². The zero-order chi connectivity index (χ0) is 18.7. The van der Waals surface area contributed by atoms with E-state index in [4.69, 9.17) is 21.1 Å². The number of ether oxygens (including phenoxy) is 2. The molecule has 0 aliphatic rings. The number of anilines is 1. The van der Waals surface area contributed by atoms with E-state index in [1.807, 2.05) is 0 Å². The van der Waals surface area contributed by atoms with E-state index in [0.717, 1.165) is 10.2 Å². The van der Waals surface area contributed by atoms with E-state index in [1.54, 1.807) is 41.9 Å². The number of halogens is 1. The average molecular weight is 391 g/mol. The van der Waals surface area contributed by atoms with E-state index in [1.165, 1.54) is 25.4 Å². The van der Waals surface area contributed by atoms with Gasteiger partial charge in [0.2, 0.25) is 0 Å². The van der Waals surface area contributed by atoms with Crippen LogP contribution in [0.3, 0.4) is 0 Å². The van der Waals surface area contributed by atoms with Crippen LogP contribution in [-0.2, 0) is 9.53 Å². The van der Waals surface area contributed by atoms with Crippen molar-refractivity contribution < 1.29 is 19.1 Å². The predicted octanol–water partition coefficient (Wildman–Crippen LogP) is 4.14. The lowest BCUT2D eigenvalue weighted by molar-refractivity contribution is -0.123. The maximum atomic E-state index is 12.3. The minimum Gasteiger partial charge on any atom is -0.495 e. The van der Waals surface area contributed by atoms with Crippen LogP contribution in [0.2, 0.25) is 5.02 Å². The van der Waals surface area contributed by atoms with E-state index in [9.17, 15) is 9.59 Å². The van der Waals surface area contributed by atoms with Gasteiger partial charge < -0.3 is 14.8 Å². The van der Waals surface area contributed by atoms with Gasteiger partial charge in [-0.05, 0) is 43.3 Å². The number of aromatic nitrogens is 1.